The van der Waals surface area contributed by atoms with E-state index >= 15 is 0 Å². The van der Waals surface area contributed by atoms with Crippen LogP contribution in [0, 0.1) is 0 Å². The van der Waals surface area contributed by atoms with Crippen LogP contribution in [-0.4, -0.2) is 60.4 Å². The normalized spacial score (nSPS) is 15.0. The fraction of sp³-hybridized carbons (Fsp3) is 0.333. The number of benzene rings is 2. The smallest absolute Gasteiger partial charge is 0.449 e. The highest BCUT2D eigenvalue weighted by atomic mass is 35.5. The maximum absolute atomic E-state index is 11.0. The summed E-state index contributed by atoms with van der Waals surface area (Å²) in [5.74, 6) is 0.893. The average molecular weight is 531 g/mol. The molecule has 1 fully saturated rings. The summed E-state index contributed by atoms with van der Waals surface area (Å²) in [5, 5.41) is 9.00. The maximum Gasteiger partial charge on any atom is 0.511 e. The largest absolute Gasteiger partial charge is 0.511 e. The summed E-state index contributed by atoms with van der Waals surface area (Å²) in [6.07, 6.45) is 3.58. The second-order valence-electron chi connectivity index (χ2n) is 8.78. The minimum Gasteiger partial charge on any atom is -0.449 e. The van der Waals surface area contributed by atoms with Crippen LogP contribution in [0.2, 0.25) is 0 Å². The van der Waals surface area contributed by atoms with Crippen LogP contribution in [-0.2, 0) is 12.8 Å². The summed E-state index contributed by atoms with van der Waals surface area (Å²) in [4.78, 5) is 22.5. The van der Waals surface area contributed by atoms with Crippen molar-refractivity contribution in [1.82, 2.24) is 9.88 Å². The van der Waals surface area contributed by atoms with Gasteiger partial charge < -0.3 is 19.6 Å². The molecule has 9 heteroatoms. The van der Waals surface area contributed by atoms with Crippen LogP contribution < -0.4 is 14.5 Å². The summed E-state index contributed by atoms with van der Waals surface area (Å²) >= 11 is 0. The van der Waals surface area contributed by atoms with Crippen LogP contribution in [0.5, 0.6) is 5.75 Å². The summed E-state index contributed by atoms with van der Waals surface area (Å²) in [6, 6.07) is 20.9. The van der Waals surface area contributed by atoms with E-state index in [1.54, 1.807) is 18.3 Å². The Kier molecular flexibility index (Phi) is 9.81. The van der Waals surface area contributed by atoms with E-state index in [0.717, 1.165) is 58.5 Å². The van der Waals surface area contributed by atoms with Gasteiger partial charge in [-0.2, -0.15) is 0 Å². The molecule has 2 aliphatic rings. The molecule has 0 spiro atoms. The molecule has 1 saturated heterocycles. The number of anilines is 3. The molecule has 0 aliphatic carbocycles. The number of halogens is 2. The van der Waals surface area contributed by atoms with Crippen molar-refractivity contribution in [2.24, 2.45) is 0 Å². The van der Waals surface area contributed by atoms with Gasteiger partial charge in [-0.3, -0.25) is 4.90 Å². The molecule has 0 atom stereocenters. The van der Waals surface area contributed by atoms with Crippen molar-refractivity contribution < 1.29 is 14.6 Å². The second kappa shape index (κ2) is 12.8. The predicted molar refractivity (Wildman–Crippen MR) is 148 cm³/mol. The molecule has 1 N–H and O–H groups in total. The van der Waals surface area contributed by atoms with E-state index in [0.29, 0.717) is 11.6 Å². The van der Waals surface area contributed by atoms with Crippen LogP contribution in [0.1, 0.15) is 17.5 Å². The fourth-order valence-corrected chi connectivity index (χ4v) is 5.04. The topological polar surface area (TPSA) is 69.1 Å². The average Bonchev–Trinajstić information content (AvgIpc) is 3.02. The molecule has 1 aromatic heterocycles. The van der Waals surface area contributed by atoms with Gasteiger partial charge in [0, 0.05) is 50.3 Å². The summed E-state index contributed by atoms with van der Waals surface area (Å²) < 4.78 is 4.92. The van der Waals surface area contributed by atoms with E-state index in [1.807, 2.05) is 0 Å². The highest BCUT2D eigenvalue weighted by Crippen LogP contribution is 2.36. The first-order chi connectivity index (χ1) is 16.7. The van der Waals surface area contributed by atoms with Crippen molar-refractivity contribution in [2.45, 2.75) is 19.3 Å². The zero-order valence-corrected chi connectivity index (χ0v) is 21.7. The molecule has 2 aromatic carbocycles. The summed E-state index contributed by atoms with van der Waals surface area (Å²) in [7, 11) is 0. The Labute approximate surface area is 224 Å². The summed E-state index contributed by atoms with van der Waals surface area (Å²) in [6.45, 7) is 5.41. The van der Waals surface area contributed by atoms with Crippen molar-refractivity contribution in [3.8, 4) is 5.75 Å². The first-order valence-electron chi connectivity index (χ1n) is 12.0. The van der Waals surface area contributed by atoms with Crippen LogP contribution in [0.25, 0.3) is 0 Å². The van der Waals surface area contributed by atoms with Gasteiger partial charge in [0.25, 0.3) is 0 Å². The van der Waals surface area contributed by atoms with Crippen molar-refractivity contribution in [3.63, 3.8) is 0 Å². The van der Waals surface area contributed by atoms with E-state index in [-0.39, 0.29) is 24.8 Å². The van der Waals surface area contributed by atoms with Crippen LogP contribution in [0.15, 0.2) is 66.9 Å². The Bertz CT molecular complexity index is 1110. The molecule has 192 valence electrons. The lowest BCUT2D eigenvalue weighted by Gasteiger charge is -2.36. The number of hydrogen-bond donors (Lipinski definition) is 1. The quantitative estimate of drug-likeness (QED) is 0.426. The fourth-order valence-electron chi connectivity index (χ4n) is 5.04. The van der Waals surface area contributed by atoms with Crippen molar-refractivity contribution in [2.75, 3.05) is 49.1 Å². The van der Waals surface area contributed by atoms with E-state index in [2.05, 4.69) is 68.2 Å². The number of piperazine rings is 1. The van der Waals surface area contributed by atoms with Crippen molar-refractivity contribution >= 4 is 48.2 Å². The van der Waals surface area contributed by atoms with Gasteiger partial charge in [-0.15, -0.1) is 24.8 Å². The third-order valence-electron chi connectivity index (χ3n) is 6.70. The number of carboxylic acid groups (broad SMARTS) is 1. The zero-order chi connectivity index (χ0) is 23.3. The first kappa shape index (κ1) is 27.6. The van der Waals surface area contributed by atoms with E-state index in [1.165, 1.54) is 22.5 Å². The van der Waals surface area contributed by atoms with E-state index < -0.39 is 6.16 Å². The van der Waals surface area contributed by atoms with Crippen molar-refractivity contribution in [1.29, 1.82) is 0 Å². The molecule has 3 heterocycles. The molecule has 0 amide bonds. The minimum atomic E-state index is -1.32. The third-order valence-corrected chi connectivity index (χ3v) is 6.70. The Hall–Kier alpha value is -3.00. The number of nitrogens with zero attached hydrogens (tertiary/aromatic N) is 4. The number of fused-ring (bicyclic) bond motifs is 2. The molecule has 7 nitrogen and oxygen atoms in total. The second-order valence-corrected chi connectivity index (χ2v) is 8.78. The lowest BCUT2D eigenvalue weighted by atomic mass is 10.0. The Morgan fingerprint density at radius 2 is 1.44 bits per heavy atom. The van der Waals surface area contributed by atoms with Gasteiger partial charge in [-0.05, 0) is 61.2 Å². The minimum absolute atomic E-state index is 0. The third kappa shape index (κ3) is 6.22. The number of rotatable bonds is 6. The van der Waals surface area contributed by atoms with Gasteiger partial charge in [0.1, 0.15) is 0 Å². The number of aryl methyl sites for hydroxylation is 2. The summed E-state index contributed by atoms with van der Waals surface area (Å²) in [5.41, 5.74) is 5.50. The Balaban J connectivity index is 0.00000180. The first-order valence-corrected chi connectivity index (χ1v) is 12.0. The number of ether oxygens (including phenoxy) is 1. The zero-order valence-electron chi connectivity index (χ0n) is 20.1. The number of carbonyl (C=O) groups is 1. The monoisotopic (exact) mass is 530 g/mol. The lowest BCUT2D eigenvalue weighted by molar-refractivity contribution is 0.144. The van der Waals surface area contributed by atoms with Crippen LogP contribution >= 0.6 is 24.8 Å². The lowest BCUT2D eigenvalue weighted by Crippen LogP contribution is -2.47. The molecule has 0 unspecified atom stereocenters. The Morgan fingerprint density at radius 3 is 2.06 bits per heavy atom. The van der Waals surface area contributed by atoms with E-state index in [9.17, 15) is 4.79 Å². The number of aromatic nitrogens is 1. The molecule has 5 rings (SSSR count). The van der Waals surface area contributed by atoms with Gasteiger partial charge in [-0.1, -0.05) is 36.4 Å². The van der Waals surface area contributed by atoms with Gasteiger partial charge in [0.05, 0.1) is 0 Å². The maximum atomic E-state index is 11.0. The molecule has 0 bridgehead atoms. The molecule has 2 aliphatic heterocycles. The number of para-hydroxylation sites is 2. The number of hydrogen-bond acceptors (Lipinski definition) is 6. The molecule has 0 saturated carbocycles. The van der Waals surface area contributed by atoms with Crippen molar-refractivity contribution in [3.05, 3.63) is 78.0 Å². The van der Waals surface area contributed by atoms with Gasteiger partial charge in [0.2, 0.25) is 0 Å². The standard InChI is InChI=1S/C27H30N4O3.2ClH/c32-27(33)34-25-11-5-14-28-26(25)30-19-17-29(18-20-30)15-6-16-31-23-9-3-1-7-21(23)12-13-22-8-2-4-10-24(22)31;;/h1-5,7-11,14H,6,12-13,15-20H2,(H,32,33);2*1H. The van der Waals surface area contributed by atoms with Gasteiger partial charge >= 0.3 is 6.16 Å². The highest BCUT2D eigenvalue weighted by Gasteiger charge is 2.23. The van der Waals surface area contributed by atoms with Gasteiger partial charge in [0.15, 0.2) is 11.6 Å². The molecule has 0 radical (unpaired) electrons. The Morgan fingerprint density at radius 1 is 0.833 bits per heavy atom. The van der Waals surface area contributed by atoms with E-state index in [4.69, 9.17) is 9.84 Å². The van der Waals surface area contributed by atoms with Crippen LogP contribution in [0.3, 0.4) is 0 Å². The van der Waals surface area contributed by atoms with Gasteiger partial charge in [-0.25, -0.2) is 9.78 Å². The molecular formula is C27H32Cl2N4O3. The molecule has 36 heavy (non-hydrogen) atoms. The number of pyridine rings is 1. The SMILES string of the molecule is Cl.Cl.O=C(O)Oc1cccnc1N1CCN(CCCN2c3ccccc3CCc3ccccc32)CC1. The molecular weight excluding hydrogens is 499 g/mol. The molecule has 3 aromatic rings. The van der Waals surface area contributed by atoms with Crippen LogP contribution in [0.4, 0.5) is 22.0 Å². The highest BCUT2D eigenvalue weighted by molar-refractivity contribution is 5.85. The predicted octanol–water partition coefficient (Wildman–Crippen LogP) is 5.43.